The van der Waals surface area contributed by atoms with Crippen LogP contribution in [0.5, 0.6) is 0 Å². The molecule has 12 aromatic carbocycles. The zero-order valence-corrected chi connectivity index (χ0v) is 41.0. The van der Waals surface area contributed by atoms with Gasteiger partial charge in [0.05, 0.1) is 5.69 Å². The van der Waals surface area contributed by atoms with E-state index >= 15 is 0 Å². The molecule has 1 aliphatic rings. The van der Waals surface area contributed by atoms with E-state index in [0.717, 1.165) is 39.7 Å². The summed E-state index contributed by atoms with van der Waals surface area (Å²) in [5.74, 6) is 0. The summed E-state index contributed by atoms with van der Waals surface area (Å²) in [6.45, 7) is 4.73. The molecule has 0 heterocycles. The van der Waals surface area contributed by atoms with Gasteiger partial charge >= 0.3 is 0 Å². The number of anilines is 6. The molecule has 0 fully saturated rings. The van der Waals surface area contributed by atoms with E-state index in [4.69, 9.17) is 0 Å². The molecule has 0 aromatic heterocycles. The zero-order chi connectivity index (χ0) is 48.9. The van der Waals surface area contributed by atoms with Gasteiger partial charge in [0, 0.05) is 39.2 Å². The van der Waals surface area contributed by atoms with E-state index in [9.17, 15) is 0 Å². The minimum atomic E-state index is -0.147. The Kier molecular flexibility index (Phi) is 10.9. The van der Waals surface area contributed by atoms with Crippen molar-refractivity contribution in [1.82, 2.24) is 0 Å². The lowest BCUT2D eigenvalue weighted by Gasteiger charge is -2.30. The molecule has 0 atom stereocenters. The fourth-order valence-electron chi connectivity index (χ4n) is 11.3. The molecular weight excluding hydrogens is 881 g/mol. The second-order valence-corrected chi connectivity index (χ2v) is 19.7. The van der Waals surface area contributed by atoms with E-state index in [1.165, 1.54) is 82.7 Å². The zero-order valence-electron chi connectivity index (χ0n) is 41.0. The summed E-state index contributed by atoms with van der Waals surface area (Å²) >= 11 is 0. The number of hydrogen-bond donors (Lipinski definition) is 0. The van der Waals surface area contributed by atoms with Gasteiger partial charge in [-0.2, -0.15) is 0 Å². The predicted octanol–water partition coefficient (Wildman–Crippen LogP) is 19.9. The normalized spacial score (nSPS) is 12.4. The Morgan fingerprint density at radius 1 is 0.260 bits per heavy atom. The van der Waals surface area contributed by atoms with Gasteiger partial charge in [-0.05, 0) is 150 Å². The highest BCUT2D eigenvalue weighted by atomic mass is 15.1. The molecule has 0 saturated carbocycles. The average molecular weight is 933 g/mol. The summed E-state index contributed by atoms with van der Waals surface area (Å²) in [7, 11) is 0. The van der Waals surface area contributed by atoms with Crippen LogP contribution in [0.15, 0.2) is 279 Å². The number of rotatable bonds is 10. The van der Waals surface area contributed by atoms with Gasteiger partial charge < -0.3 is 9.80 Å². The smallest absolute Gasteiger partial charge is 0.0540 e. The highest BCUT2D eigenvalue weighted by molar-refractivity contribution is 6.19. The third-order valence-electron chi connectivity index (χ3n) is 15.1. The van der Waals surface area contributed by atoms with Crippen LogP contribution in [0.4, 0.5) is 34.1 Å². The Morgan fingerprint density at radius 2 is 0.671 bits per heavy atom. The van der Waals surface area contributed by atoms with Crippen molar-refractivity contribution in [2.75, 3.05) is 9.80 Å². The minimum absolute atomic E-state index is 0.147. The van der Waals surface area contributed by atoms with Gasteiger partial charge in [0.1, 0.15) is 0 Å². The first-order chi connectivity index (χ1) is 36.0. The van der Waals surface area contributed by atoms with Crippen LogP contribution in [0.2, 0.25) is 0 Å². The molecule has 0 radical (unpaired) electrons. The Hall–Kier alpha value is -9.24. The monoisotopic (exact) mass is 932 g/mol. The third kappa shape index (κ3) is 7.85. The number of fused-ring (bicyclic) bond motifs is 6. The predicted molar refractivity (Wildman–Crippen MR) is 310 cm³/mol. The number of hydrogen-bond acceptors (Lipinski definition) is 2. The first-order valence-electron chi connectivity index (χ1n) is 25.3. The van der Waals surface area contributed by atoms with E-state index in [1.54, 1.807) is 0 Å². The first kappa shape index (κ1) is 43.8. The maximum Gasteiger partial charge on any atom is 0.0540 e. The summed E-state index contributed by atoms with van der Waals surface area (Å²) in [4.78, 5) is 4.84. The Labute approximate surface area is 428 Å². The van der Waals surface area contributed by atoms with Crippen molar-refractivity contribution in [1.29, 1.82) is 0 Å². The summed E-state index contributed by atoms with van der Waals surface area (Å²) in [5, 5.41) is 4.86. The van der Waals surface area contributed by atoms with Gasteiger partial charge in [-0.25, -0.2) is 0 Å². The lowest BCUT2D eigenvalue weighted by atomic mass is 9.82. The molecule has 0 bridgehead atoms. The van der Waals surface area contributed by atoms with Crippen LogP contribution in [0.3, 0.4) is 0 Å². The molecule has 0 N–H and O–H groups in total. The molecule has 0 spiro atoms. The first-order valence-corrected chi connectivity index (χ1v) is 25.3. The van der Waals surface area contributed by atoms with Crippen LogP contribution in [0.25, 0.3) is 77.2 Å². The fraction of sp³-hybridized carbons (Fsp3) is 0.0423. The van der Waals surface area contributed by atoms with Gasteiger partial charge in [0.25, 0.3) is 0 Å². The molecular formula is C71H52N2. The maximum absolute atomic E-state index is 2.47. The van der Waals surface area contributed by atoms with E-state index in [2.05, 4.69) is 303 Å². The Bertz CT molecular complexity index is 3850. The van der Waals surface area contributed by atoms with Crippen molar-refractivity contribution in [3.05, 3.63) is 290 Å². The molecule has 13 rings (SSSR count). The van der Waals surface area contributed by atoms with E-state index in [1.807, 2.05) is 0 Å². The quantitative estimate of drug-likeness (QED) is 0.126. The molecule has 346 valence electrons. The van der Waals surface area contributed by atoms with E-state index < -0.39 is 0 Å². The van der Waals surface area contributed by atoms with Crippen LogP contribution < -0.4 is 9.80 Å². The van der Waals surface area contributed by atoms with Crippen molar-refractivity contribution in [2.45, 2.75) is 19.3 Å². The van der Waals surface area contributed by atoms with Crippen LogP contribution in [0, 0.1) is 0 Å². The largest absolute Gasteiger partial charge is 0.311 e. The number of nitrogens with zero attached hydrogens (tertiary/aromatic N) is 2. The summed E-state index contributed by atoms with van der Waals surface area (Å²) in [5.41, 5.74) is 21.4. The molecule has 0 saturated heterocycles. The second-order valence-electron chi connectivity index (χ2n) is 19.7. The van der Waals surface area contributed by atoms with Crippen molar-refractivity contribution in [3.8, 4) is 55.6 Å². The van der Waals surface area contributed by atoms with E-state index in [-0.39, 0.29) is 5.41 Å². The van der Waals surface area contributed by atoms with Crippen LogP contribution >= 0.6 is 0 Å². The van der Waals surface area contributed by atoms with Crippen LogP contribution in [-0.4, -0.2) is 0 Å². The summed E-state index contributed by atoms with van der Waals surface area (Å²) in [6, 6.07) is 102. The third-order valence-corrected chi connectivity index (χ3v) is 15.1. The van der Waals surface area contributed by atoms with Crippen molar-refractivity contribution < 1.29 is 0 Å². The molecule has 2 heteroatoms. The molecule has 12 aromatic rings. The number of benzene rings is 12. The molecule has 2 nitrogen and oxygen atoms in total. The van der Waals surface area contributed by atoms with Crippen LogP contribution in [-0.2, 0) is 5.41 Å². The fourth-order valence-corrected chi connectivity index (χ4v) is 11.3. The standard InChI is InChI=1S/C71H52N2/c1-71(2)67-25-15-14-24-64(67)65-45-43-61(48-68(65)71)73(60-39-30-54(31-40-60)51-20-10-5-11-21-51)69-47-46-63(70-62-23-13-12-22-55(62)34-44-66(69)70)56-32-41-59(42-33-56)72(57-35-26-52(27-36-57)49-16-6-3-7-17-49)58-37-28-53(29-38-58)50-18-8-4-9-19-50/h3-48H,1-2H3. The lowest BCUT2D eigenvalue weighted by molar-refractivity contribution is 0.660. The van der Waals surface area contributed by atoms with Crippen LogP contribution in [0.1, 0.15) is 25.0 Å². The van der Waals surface area contributed by atoms with Crippen molar-refractivity contribution in [2.24, 2.45) is 0 Å². The van der Waals surface area contributed by atoms with Gasteiger partial charge in [-0.15, -0.1) is 0 Å². The SMILES string of the molecule is CC1(C)c2ccccc2-c2ccc(N(c3ccc(-c4ccccc4)cc3)c3ccc(-c4ccc(N(c5ccc(-c6ccccc6)cc5)c5ccc(-c6ccccc6)cc5)cc4)c4c3ccc3ccccc34)cc21. The highest BCUT2D eigenvalue weighted by Gasteiger charge is 2.36. The van der Waals surface area contributed by atoms with Gasteiger partial charge in [0.2, 0.25) is 0 Å². The lowest BCUT2D eigenvalue weighted by Crippen LogP contribution is -2.16. The molecule has 1 aliphatic carbocycles. The second kappa shape index (κ2) is 18.2. The van der Waals surface area contributed by atoms with Crippen molar-refractivity contribution in [3.63, 3.8) is 0 Å². The topological polar surface area (TPSA) is 6.48 Å². The molecule has 0 amide bonds. The molecule has 73 heavy (non-hydrogen) atoms. The van der Waals surface area contributed by atoms with Gasteiger partial charge in [0.15, 0.2) is 0 Å². The molecule has 0 unspecified atom stereocenters. The summed E-state index contributed by atoms with van der Waals surface area (Å²) in [6.07, 6.45) is 0. The van der Waals surface area contributed by atoms with E-state index in [0.29, 0.717) is 0 Å². The Balaban J connectivity index is 0.945. The minimum Gasteiger partial charge on any atom is -0.311 e. The molecule has 0 aliphatic heterocycles. The van der Waals surface area contributed by atoms with Gasteiger partial charge in [-0.1, -0.05) is 226 Å². The van der Waals surface area contributed by atoms with Crippen molar-refractivity contribution >= 4 is 55.7 Å². The Morgan fingerprint density at radius 3 is 1.22 bits per heavy atom. The highest BCUT2D eigenvalue weighted by Crippen LogP contribution is 2.52. The average Bonchev–Trinajstić information content (AvgIpc) is 3.69. The maximum atomic E-state index is 2.47. The summed E-state index contributed by atoms with van der Waals surface area (Å²) < 4.78 is 0. The van der Waals surface area contributed by atoms with Gasteiger partial charge in [-0.3, -0.25) is 0 Å².